The molecule has 5 heteroatoms. The van der Waals surface area contributed by atoms with Gasteiger partial charge in [0.15, 0.2) is 0 Å². The minimum Gasteiger partial charge on any atom is -0.207 e. The molecule has 1 aromatic heterocycles. The second-order valence-electron chi connectivity index (χ2n) is 3.22. The van der Waals surface area contributed by atoms with Crippen molar-refractivity contribution in [2.75, 3.05) is 0 Å². The highest BCUT2D eigenvalue weighted by Gasteiger charge is 2.15. The van der Waals surface area contributed by atoms with Gasteiger partial charge in [-0.2, -0.15) is 10.2 Å². The summed E-state index contributed by atoms with van der Waals surface area (Å²) < 4.78 is 38.2. The normalized spacial score (nSPS) is 9.53. The molecule has 0 radical (unpaired) electrons. The van der Waals surface area contributed by atoms with Crippen molar-refractivity contribution >= 4 is 10.9 Å². The molecule has 1 aromatic carbocycles. The highest BCUT2D eigenvalue weighted by Crippen LogP contribution is 2.28. The Labute approximate surface area is 111 Å². The fourth-order valence-corrected chi connectivity index (χ4v) is 1.44. The van der Waals surface area contributed by atoms with Crippen LogP contribution in [-0.4, -0.2) is 10.2 Å². The lowest BCUT2D eigenvalue weighted by atomic mass is 10.1. The number of nitrogens with zero attached hydrogens (tertiary/aromatic N) is 2. The summed E-state index contributed by atoms with van der Waals surface area (Å²) in [6.07, 6.45) is -1.34. The molecule has 0 spiro atoms. The van der Waals surface area contributed by atoms with Gasteiger partial charge in [0, 0.05) is 10.9 Å². The van der Waals surface area contributed by atoms with Gasteiger partial charge in [0.1, 0.15) is 11.3 Å². The van der Waals surface area contributed by atoms with Gasteiger partial charge in [-0.1, -0.05) is 27.7 Å². The SMILES string of the molecule is CC.CC.Cc1cnnc2c(C(F)F)cc(F)cc12. The largest absolute Gasteiger partial charge is 0.266 e. The van der Waals surface area contributed by atoms with Crippen LogP contribution in [0.4, 0.5) is 13.2 Å². The maximum absolute atomic E-state index is 13.1. The van der Waals surface area contributed by atoms with Crippen molar-refractivity contribution in [3.8, 4) is 0 Å². The lowest BCUT2D eigenvalue weighted by Crippen LogP contribution is -1.95. The van der Waals surface area contributed by atoms with Crippen molar-refractivity contribution in [1.29, 1.82) is 0 Å². The molecule has 1 heterocycles. The maximum atomic E-state index is 13.1. The number of aryl methyl sites for hydroxylation is 1. The van der Waals surface area contributed by atoms with Crippen LogP contribution in [0.3, 0.4) is 0 Å². The summed E-state index contributed by atoms with van der Waals surface area (Å²) in [5.74, 6) is -0.686. The van der Waals surface area contributed by atoms with E-state index in [1.165, 1.54) is 12.3 Å². The van der Waals surface area contributed by atoms with E-state index in [4.69, 9.17) is 0 Å². The Morgan fingerprint density at radius 3 is 2.16 bits per heavy atom. The number of hydrogen-bond acceptors (Lipinski definition) is 2. The second-order valence-corrected chi connectivity index (χ2v) is 3.22. The molecule has 2 rings (SSSR count). The van der Waals surface area contributed by atoms with Crippen LogP contribution < -0.4 is 0 Å². The quantitative estimate of drug-likeness (QED) is 0.724. The van der Waals surface area contributed by atoms with E-state index in [1.807, 2.05) is 27.7 Å². The van der Waals surface area contributed by atoms with E-state index >= 15 is 0 Å². The molecule has 0 fully saturated rings. The monoisotopic (exact) mass is 272 g/mol. The Morgan fingerprint density at radius 1 is 1.05 bits per heavy atom. The van der Waals surface area contributed by atoms with E-state index in [0.29, 0.717) is 10.9 Å². The first kappa shape index (κ1) is 17.4. The fourth-order valence-electron chi connectivity index (χ4n) is 1.44. The van der Waals surface area contributed by atoms with Crippen LogP contribution in [0, 0.1) is 12.7 Å². The first-order valence-electron chi connectivity index (χ1n) is 6.29. The van der Waals surface area contributed by atoms with Crippen LogP contribution in [0.5, 0.6) is 0 Å². The van der Waals surface area contributed by atoms with Gasteiger partial charge in [-0.15, -0.1) is 0 Å². The molecule has 0 bridgehead atoms. The lowest BCUT2D eigenvalue weighted by molar-refractivity contribution is 0.152. The molecule has 0 saturated carbocycles. The van der Waals surface area contributed by atoms with E-state index < -0.39 is 17.8 Å². The van der Waals surface area contributed by atoms with Crippen LogP contribution in [0.1, 0.15) is 45.2 Å². The first-order valence-corrected chi connectivity index (χ1v) is 6.29. The van der Waals surface area contributed by atoms with Crippen molar-refractivity contribution in [2.24, 2.45) is 0 Å². The van der Waals surface area contributed by atoms with Crippen molar-refractivity contribution in [1.82, 2.24) is 10.2 Å². The van der Waals surface area contributed by atoms with Crippen LogP contribution in [0.25, 0.3) is 10.9 Å². The van der Waals surface area contributed by atoms with Crippen LogP contribution in [0.15, 0.2) is 18.3 Å². The summed E-state index contributed by atoms with van der Waals surface area (Å²) in [5, 5.41) is 7.56. The van der Waals surface area contributed by atoms with Gasteiger partial charge in [0.25, 0.3) is 6.43 Å². The molecular weight excluding hydrogens is 253 g/mol. The molecule has 2 aromatic rings. The molecular formula is C14H19F3N2. The second kappa shape index (κ2) is 8.45. The maximum Gasteiger partial charge on any atom is 0.266 e. The van der Waals surface area contributed by atoms with Gasteiger partial charge in [0.2, 0.25) is 0 Å². The molecule has 106 valence electrons. The lowest BCUT2D eigenvalue weighted by Gasteiger charge is -2.06. The molecule has 0 unspecified atom stereocenters. The highest BCUT2D eigenvalue weighted by atomic mass is 19.3. The molecule has 19 heavy (non-hydrogen) atoms. The van der Waals surface area contributed by atoms with E-state index in [0.717, 1.165) is 6.07 Å². The minimum absolute atomic E-state index is 0.0615. The number of aromatic nitrogens is 2. The zero-order valence-corrected chi connectivity index (χ0v) is 11.8. The van der Waals surface area contributed by atoms with E-state index in [9.17, 15) is 13.2 Å². The van der Waals surface area contributed by atoms with Crippen molar-refractivity contribution in [3.05, 3.63) is 35.3 Å². The smallest absolute Gasteiger partial charge is 0.207 e. The third kappa shape index (κ3) is 4.19. The van der Waals surface area contributed by atoms with Crippen LogP contribution >= 0.6 is 0 Å². The predicted molar refractivity (Wildman–Crippen MR) is 71.9 cm³/mol. The molecule has 0 N–H and O–H groups in total. The minimum atomic E-state index is -2.75. The molecule has 0 saturated heterocycles. The fraction of sp³-hybridized carbons (Fsp3) is 0.429. The average molecular weight is 272 g/mol. The first-order chi connectivity index (χ1) is 9.09. The third-order valence-corrected chi connectivity index (χ3v) is 2.17. The zero-order chi connectivity index (χ0) is 15.0. The Bertz CT molecular complexity index is 513. The molecule has 0 atom stereocenters. The van der Waals surface area contributed by atoms with Crippen molar-refractivity contribution in [3.63, 3.8) is 0 Å². The summed E-state index contributed by atoms with van der Waals surface area (Å²) in [7, 11) is 0. The van der Waals surface area contributed by atoms with Gasteiger partial charge in [-0.05, 0) is 24.6 Å². The average Bonchev–Trinajstić information content (AvgIpc) is 2.43. The molecule has 0 aliphatic carbocycles. The number of benzene rings is 1. The molecule has 0 amide bonds. The summed E-state index contributed by atoms with van der Waals surface area (Å²) in [6.45, 7) is 9.67. The van der Waals surface area contributed by atoms with Gasteiger partial charge in [-0.25, -0.2) is 13.2 Å². The Morgan fingerprint density at radius 2 is 1.63 bits per heavy atom. The number of rotatable bonds is 1. The van der Waals surface area contributed by atoms with Gasteiger partial charge in [0.05, 0.1) is 6.20 Å². The van der Waals surface area contributed by atoms with Crippen LogP contribution in [0.2, 0.25) is 0 Å². The Kier molecular flexibility index (Phi) is 7.72. The van der Waals surface area contributed by atoms with Crippen molar-refractivity contribution in [2.45, 2.75) is 41.0 Å². The Hall–Kier alpha value is -1.65. The van der Waals surface area contributed by atoms with Gasteiger partial charge < -0.3 is 0 Å². The van der Waals surface area contributed by atoms with Gasteiger partial charge >= 0.3 is 0 Å². The van der Waals surface area contributed by atoms with Crippen molar-refractivity contribution < 1.29 is 13.2 Å². The Balaban J connectivity index is 0.000000741. The van der Waals surface area contributed by atoms with Gasteiger partial charge in [-0.3, -0.25) is 0 Å². The number of fused-ring (bicyclic) bond motifs is 1. The molecule has 2 nitrogen and oxygen atoms in total. The zero-order valence-electron chi connectivity index (χ0n) is 11.8. The van der Waals surface area contributed by atoms with E-state index in [2.05, 4.69) is 10.2 Å². The number of alkyl halides is 2. The summed E-state index contributed by atoms with van der Waals surface area (Å²) in [4.78, 5) is 0. The highest BCUT2D eigenvalue weighted by molar-refractivity contribution is 5.84. The topological polar surface area (TPSA) is 25.8 Å². The summed E-state index contributed by atoms with van der Waals surface area (Å²) in [5.41, 5.74) is 0.272. The van der Waals surface area contributed by atoms with Crippen LogP contribution in [-0.2, 0) is 0 Å². The summed E-state index contributed by atoms with van der Waals surface area (Å²) in [6, 6.07) is 1.98. The van der Waals surface area contributed by atoms with E-state index in [1.54, 1.807) is 6.92 Å². The molecule has 0 aliphatic rings. The van der Waals surface area contributed by atoms with E-state index in [-0.39, 0.29) is 5.52 Å². The standard InChI is InChI=1S/C10H7F3N2.2C2H6/c1-5-4-14-15-9-7(5)2-6(11)3-8(9)10(12)13;2*1-2/h2-4,10H,1H3;2*1-2H3. The third-order valence-electron chi connectivity index (χ3n) is 2.17. The summed E-state index contributed by atoms with van der Waals surface area (Å²) >= 11 is 0. The number of hydrogen-bond donors (Lipinski definition) is 0. The molecule has 0 aliphatic heterocycles. The number of halogens is 3. The predicted octanol–water partition coefficient (Wildman–Crippen LogP) is 5.07.